The Hall–Kier alpha value is -1.13. The summed E-state index contributed by atoms with van der Waals surface area (Å²) in [6.45, 7) is 1.83. The molecule has 0 saturated heterocycles. The molecular weight excluding hydrogens is 173 g/mol. The van der Waals surface area contributed by atoms with Gasteiger partial charge in [-0.25, -0.2) is 10.3 Å². The molecule has 0 bridgehead atoms. The van der Waals surface area contributed by atoms with Gasteiger partial charge in [-0.3, -0.25) is 4.84 Å². The van der Waals surface area contributed by atoms with Crippen LogP contribution < -0.4 is 10.6 Å². The molecule has 1 aromatic carbocycles. The summed E-state index contributed by atoms with van der Waals surface area (Å²) >= 11 is 0. The molecule has 0 aliphatic heterocycles. The molecule has 0 saturated carbocycles. The third kappa shape index (κ3) is 2.17. The van der Waals surface area contributed by atoms with Gasteiger partial charge in [-0.1, -0.05) is 0 Å². The zero-order chi connectivity index (χ0) is 9.84. The lowest BCUT2D eigenvalue weighted by Crippen LogP contribution is -2.01. The van der Waals surface area contributed by atoms with Gasteiger partial charge >= 0.3 is 0 Å². The van der Waals surface area contributed by atoms with Gasteiger partial charge in [-0.15, -0.1) is 0 Å². The summed E-state index contributed by atoms with van der Waals surface area (Å²) < 4.78 is 18.2. The average Bonchev–Trinajstić information content (AvgIpc) is 2.11. The summed E-state index contributed by atoms with van der Waals surface area (Å²) in [6, 6.07) is 3.08. The normalized spacial score (nSPS) is 10.2. The maximum Gasteiger partial charge on any atom is 0.130 e. The van der Waals surface area contributed by atoms with Crippen molar-refractivity contribution in [1.29, 1.82) is 0 Å². The predicted molar refractivity (Wildman–Crippen MR) is 46.7 cm³/mol. The first-order chi connectivity index (χ1) is 6.19. The lowest BCUT2D eigenvalue weighted by atomic mass is 10.1. The fraction of sp³-hybridized carbons (Fsp3) is 0.333. The van der Waals surface area contributed by atoms with Gasteiger partial charge in [-0.05, 0) is 24.6 Å². The van der Waals surface area contributed by atoms with Gasteiger partial charge in [0.25, 0.3) is 0 Å². The first-order valence-corrected chi connectivity index (χ1v) is 3.83. The third-order valence-corrected chi connectivity index (χ3v) is 1.83. The second kappa shape index (κ2) is 4.20. The molecular formula is C9H12FNO2. The molecule has 72 valence electrons. The highest BCUT2D eigenvalue weighted by molar-refractivity contribution is 5.37. The minimum atomic E-state index is -0.314. The highest BCUT2D eigenvalue weighted by Gasteiger charge is 2.06. The molecule has 0 aliphatic rings. The van der Waals surface area contributed by atoms with E-state index in [4.69, 9.17) is 10.6 Å². The zero-order valence-electron chi connectivity index (χ0n) is 7.63. The molecule has 0 unspecified atom stereocenters. The van der Waals surface area contributed by atoms with Crippen LogP contribution in [-0.4, -0.2) is 7.11 Å². The molecule has 0 aliphatic carbocycles. The fourth-order valence-corrected chi connectivity index (χ4v) is 1.10. The van der Waals surface area contributed by atoms with Crippen molar-refractivity contribution in [2.24, 2.45) is 5.90 Å². The maximum atomic E-state index is 13.2. The number of halogens is 1. The fourth-order valence-electron chi connectivity index (χ4n) is 1.10. The number of ether oxygens (including phenoxy) is 1. The summed E-state index contributed by atoms with van der Waals surface area (Å²) in [7, 11) is 1.49. The van der Waals surface area contributed by atoms with Gasteiger partial charge < -0.3 is 4.74 Å². The third-order valence-electron chi connectivity index (χ3n) is 1.83. The van der Waals surface area contributed by atoms with Crippen LogP contribution in [0.15, 0.2) is 12.1 Å². The van der Waals surface area contributed by atoms with Crippen molar-refractivity contribution >= 4 is 0 Å². The van der Waals surface area contributed by atoms with Gasteiger partial charge in [0, 0.05) is 5.56 Å². The Labute approximate surface area is 76.2 Å². The summed E-state index contributed by atoms with van der Waals surface area (Å²) in [4.78, 5) is 4.40. The summed E-state index contributed by atoms with van der Waals surface area (Å²) in [5.41, 5.74) is 1.14. The van der Waals surface area contributed by atoms with Crippen LogP contribution in [-0.2, 0) is 11.4 Å². The van der Waals surface area contributed by atoms with Gasteiger partial charge in [-0.2, -0.15) is 0 Å². The molecule has 0 heterocycles. The van der Waals surface area contributed by atoms with Crippen LogP contribution in [0.1, 0.15) is 11.1 Å². The van der Waals surface area contributed by atoms with Crippen molar-refractivity contribution in [2.45, 2.75) is 13.5 Å². The van der Waals surface area contributed by atoms with Crippen molar-refractivity contribution in [2.75, 3.05) is 7.11 Å². The Bertz CT molecular complexity index is 302. The van der Waals surface area contributed by atoms with Crippen molar-refractivity contribution < 1.29 is 14.0 Å². The Morgan fingerprint density at radius 1 is 1.46 bits per heavy atom. The molecule has 0 amide bonds. The number of benzene rings is 1. The van der Waals surface area contributed by atoms with E-state index in [0.717, 1.165) is 0 Å². The predicted octanol–water partition coefficient (Wildman–Crippen LogP) is 1.53. The van der Waals surface area contributed by atoms with E-state index in [2.05, 4.69) is 4.84 Å². The molecule has 1 aromatic rings. The van der Waals surface area contributed by atoms with Crippen molar-refractivity contribution in [3.63, 3.8) is 0 Å². The topological polar surface area (TPSA) is 44.5 Å². The second-order valence-corrected chi connectivity index (χ2v) is 2.72. The average molecular weight is 185 g/mol. The molecule has 4 heteroatoms. The summed E-state index contributed by atoms with van der Waals surface area (Å²) in [5, 5.41) is 0. The lowest BCUT2D eigenvalue weighted by Gasteiger charge is -2.07. The Morgan fingerprint density at radius 3 is 2.69 bits per heavy atom. The molecule has 0 radical (unpaired) electrons. The van der Waals surface area contributed by atoms with Crippen molar-refractivity contribution in [3.05, 3.63) is 29.1 Å². The Balaban J connectivity index is 3.06. The van der Waals surface area contributed by atoms with Gasteiger partial charge in [0.1, 0.15) is 11.6 Å². The molecule has 2 N–H and O–H groups in total. The SMILES string of the molecule is COc1cc(CON)cc(F)c1C. The highest BCUT2D eigenvalue weighted by Crippen LogP contribution is 2.22. The number of hydrogen-bond donors (Lipinski definition) is 1. The van der Waals surface area contributed by atoms with E-state index >= 15 is 0 Å². The van der Waals surface area contributed by atoms with Crippen LogP contribution in [0.2, 0.25) is 0 Å². The minimum absolute atomic E-state index is 0.174. The molecule has 3 nitrogen and oxygen atoms in total. The Kier molecular flexibility index (Phi) is 3.22. The van der Waals surface area contributed by atoms with E-state index in [9.17, 15) is 4.39 Å². The Morgan fingerprint density at radius 2 is 2.15 bits per heavy atom. The monoisotopic (exact) mass is 185 g/mol. The van der Waals surface area contributed by atoms with Gasteiger partial charge in [0.05, 0.1) is 13.7 Å². The van der Waals surface area contributed by atoms with E-state index in [-0.39, 0.29) is 12.4 Å². The van der Waals surface area contributed by atoms with E-state index < -0.39 is 0 Å². The number of nitrogens with two attached hydrogens (primary N) is 1. The first kappa shape index (κ1) is 9.95. The quantitative estimate of drug-likeness (QED) is 0.726. The summed E-state index contributed by atoms with van der Waals surface area (Å²) in [6.07, 6.45) is 0. The molecule has 0 aromatic heterocycles. The molecule has 0 atom stereocenters. The van der Waals surface area contributed by atoms with Crippen LogP contribution in [0.3, 0.4) is 0 Å². The van der Waals surface area contributed by atoms with Crippen molar-refractivity contribution in [1.82, 2.24) is 0 Å². The molecule has 13 heavy (non-hydrogen) atoms. The van der Waals surface area contributed by atoms with Crippen LogP contribution in [0.5, 0.6) is 5.75 Å². The molecule has 0 spiro atoms. The number of methoxy groups -OCH3 is 1. The van der Waals surface area contributed by atoms with Gasteiger partial charge in [0.2, 0.25) is 0 Å². The number of hydrogen-bond acceptors (Lipinski definition) is 3. The minimum Gasteiger partial charge on any atom is -0.496 e. The first-order valence-electron chi connectivity index (χ1n) is 3.83. The largest absolute Gasteiger partial charge is 0.496 e. The molecule has 0 fully saturated rings. The highest BCUT2D eigenvalue weighted by atomic mass is 19.1. The van der Waals surface area contributed by atoms with Crippen molar-refractivity contribution in [3.8, 4) is 5.75 Å². The van der Waals surface area contributed by atoms with E-state index in [1.54, 1.807) is 13.0 Å². The van der Waals surface area contributed by atoms with Crippen LogP contribution >= 0.6 is 0 Å². The van der Waals surface area contributed by atoms with Gasteiger partial charge in [0.15, 0.2) is 0 Å². The van der Waals surface area contributed by atoms with Crippen LogP contribution in [0.25, 0.3) is 0 Å². The van der Waals surface area contributed by atoms with Crippen LogP contribution in [0, 0.1) is 12.7 Å². The maximum absolute atomic E-state index is 13.2. The van der Waals surface area contributed by atoms with E-state index in [0.29, 0.717) is 16.9 Å². The van der Waals surface area contributed by atoms with E-state index in [1.165, 1.54) is 13.2 Å². The second-order valence-electron chi connectivity index (χ2n) is 2.72. The zero-order valence-corrected chi connectivity index (χ0v) is 7.63. The summed E-state index contributed by atoms with van der Waals surface area (Å²) in [5.74, 6) is 5.07. The lowest BCUT2D eigenvalue weighted by molar-refractivity contribution is 0.123. The smallest absolute Gasteiger partial charge is 0.130 e. The standard InChI is InChI=1S/C9H12FNO2/c1-6-8(10)3-7(5-13-11)4-9(6)12-2/h3-4H,5,11H2,1-2H3. The number of rotatable bonds is 3. The van der Waals surface area contributed by atoms with Crippen LogP contribution in [0.4, 0.5) is 4.39 Å². The van der Waals surface area contributed by atoms with E-state index in [1.807, 2.05) is 0 Å². The molecule has 1 rings (SSSR count).